The minimum absolute atomic E-state index is 0.184. The molecule has 0 aliphatic heterocycles. The Morgan fingerprint density at radius 3 is 1.59 bits per heavy atom. The minimum atomic E-state index is -4.59. The molecule has 0 radical (unpaired) electrons. The van der Waals surface area contributed by atoms with Crippen LogP contribution in [0, 0.1) is 11.8 Å². The molecule has 0 spiro atoms. The second-order valence-corrected chi connectivity index (χ2v) is 13.3. The molecule has 1 unspecified atom stereocenters. The Balaban J connectivity index is 4.50. The summed E-state index contributed by atoms with van der Waals surface area (Å²) in [6.45, 7) is 6.78. The molecule has 41 heavy (non-hydrogen) atoms. The highest BCUT2D eigenvalue weighted by atomic mass is 31.2. The lowest BCUT2D eigenvalue weighted by Crippen LogP contribution is -2.29. The summed E-state index contributed by atoms with van der Waals surface area (Å²) in [5, 5.41) is 18.1. The number of ether oxygens (including phenoxy) is 2. The van der Waals surface area contributed by atoms with Crippen molar-refractivity contribution >= 4 is 19.8 Å². The van der Waals surface area contributed by atoms with Crippen molar-refractivity contribution in [3.05, 3.63) is 0 Å². The fourth-order valence-electron chi connectivity index (χ4n) is 4.12. The Bertz CT molecular complexity index is 701. The summed E-state index contributed by atoms with van der Waals surface area (Å²) in [6, 6.07) is 0. The van der Waals surface area contributed by atoms with Crippen molar-refractivity contribution in [2.75, 3.05) is 26.4 Å². The Morgan fingerprint density at radius 2 is 1.10 bits per heavy atom. The molecule has 0 aliphatic rings. The average molecular weight is 611 g/mol. The largest absolute Gasteiger partial charge is 0.472 e. The number of hydrogen-bond acceptors (Lipinski definition) is 9. The second kappa shape index (κ2) is 25.5. The van der Waals surface area contributed by atoms with E-state index in [2.05, 4.69) is 32.2 Å². The lowest BCUT2D eigenvalue weighted by atomic mass is 10.0. The number of phosphoric acid groups is 1. The van der Waals surface area contributed by atoms with Crippen LogP contribution in [-0.2, 0) is 32.7 Å². The van der Waals surface area contributed by atoms with Gasteiger partial charge >= 0.3 is 19.8 Å². The van der Waals surface area contributed by atoms with Gasteiger partial charge in [-0.25, -0.2) is 4.57 Å². The summed E-state index contributed by atoms with van der Waals surface area (Å²) in [5.74, 6) is 0.506. The summed E-state index contributed by atoms with van der Waals surface area (Å²) in [4.78, 5) is 34.5. The van der Waals surface area contributed by atoms with Crippen molar-refractivity contribution in [3.63, 3.8) is 0 Å². The van der Waals surface area contributed by atoms with E-state index in [0.717, 1.165) is 44.4 Å². The third-order valence-corrected chi connectivity index (χ3v) is 7.57. The Labute approximate surface area is 248 Å². The lowest BCUT2D eigenvalue weighted by molar-refractivity contribution is -0.161. The van der Waals surface area contributed by atoms with E-state index in [1.54, 1.807) is 0 Å². The van der Waals surface area contributed by atoms with Gasteiger partial charge in [0.1, 0.15) is 12.7 Å². The monoisotopic (exact) mass is 610 g/mol. The van der Waals surface area contributed by atoms with Crippen LogP contribution in [0.1, 0.15) is 130 Å². The predicted octanol–water partition coefficient (Wildman–Crippen LogP) is 6.48. The summed E-state index contributed by atoms with van der Waals surface area (Å²) >= 11 is 0. The van der Waals surface area contributed by atoms with Gasteiger partial charge in [-0.3, -0.25) is 18.6 Å². The predicted molar refractivity (Wildman–Crippen MR) is 159 cm³/mol. The number of hydrogen-bond donors (Lipinski definition) is 3. The van der Waals surface area contributed by atoms with Crippen LogP contribution in [0.4, 0.5) is 0 Å². The van der Waals surface area contributed by atoms with E-state index in [1.807, 2.05) is 0 Å². The van der Waals surface area contributed by atoms with Crippen LogP contribution in [0.5, 0.6) is 0 Å². The SMILES string of the molecule is CC(C)CCCCCCCCC(=O)OC[C@H](COP(=O)(O)OC[C@@H](O)CO)OC(=O)CCCCCCCCC(C)C. The number of aliphatic hydroxyl groups is 2. The van der Waals surface area contributed by atoms with Gasteiger partial charge in [-0.2, -0.15) is 0 Å². The van der Waals surface area contributed by atoms with Gasteiger partial charge in [0.25, 0.3) is 0 Å². The molecule has 3 N–H and O–H groups in total. The average Bonchev–Trinajstić information content (AvgIpc) is 2.91. The number of carbonyl (C=O) groups excluding carboxylic acids is 2. The zero-order valence-corrected chi connectivity index (χ0v) is 27.0. The summed E-state index contributed by atoms with van der Waals surface area (Å²) in [7, 11) is -4.59. The van der Waals surface area contributed by atoms with Crippen LogP contribution in [0.2, 0.25) is 0 Å². The van der Waals surface area contributed by atoms with Gasteiger partial charge in [0.15, 0.2) is 6.10 Å². The molecule has 0 aromatic rings. The molecule has 0 fully saturated rings. The van der Waals surface area contributed by atoms with Crippen molar-refractivity contribution in [2.45, 2.75) is 143 Å². The van der Waals surface area contributed by atoms with Crippen LogP contribution in [-0.4, -0.2) is 65.7 Å². The van der Waals surface area contributed by atoms with E-state index in [4.69, 9.17) is 19.1 Å². The molecule has 0 aromatic heterocycles. The van der Waals surface area contributed by atoms with E-state index in [0.29, 0.717) is 18.8 Å². The minimum Gasteiger partial charge on any atom is -0.462 e. The van der Waals surface area contributed by atoms with Gasteiger partial charge in [0, 0.05) is 12.8 Å². The van der Waals surface area contributed by atoms with Crippen molar-refractivity contribution in [1.82, 2.24) is 0 Å². The zero-order chi connectivity index (χ0) is 30.9. The van der Waals surface area contributed by atoms with E-state index in [-0.39, 0.29) is 19.4 Å². The Morgan fingerprint density at radius 1 is 0.659 bits per heavy atom. The molecular weight excluding hydrogens is 551 g/mol. The lowest BCUT2D eigenvalue weighted by Gasteiger charge is -2.20. The number of aliphatic hydroxyl groups excluding tert-OH is 2. The van der Waals surface area contributed by atoms with Crippen LogP contribution in [0.15, 0.2) is 0 Å². The molecule has 0 bridgehead atoms. The van der Waals surface area contributed by atoms with Crippen molar-refractivity contribution in [2.24, 2.45) is 11.8 Å². The molecule has 0 rings (SSSR count). The van der Waals surface area contributed by atoms with Crippen LogP contribution < -0.4 is 0 Å². The molecule has 11 heteroatoms. The normalized spacial score (nSPS) is 14.7. The molecule has 0 amide bonds. The summed E-state index contributed by atoms with van der Waals surface area (Å²) in [5.41, 5.74) is 0. The second-order valence-electron chi connectivity index (χ2n) is 11.8. The first-order valence-electron chi connectivity index (χ1n) is 15.7. The number of unbranched alkanes of at least 4 members (excludes halogenated alkanes) is 10. The molecule has 0 aromatic carbocycles. The van der Waals surface area contributed by atoms with Gasteiger partial charge in [-0.1, -0.05) is 105 Å². The molecule has 0 aliphatic carbocycles. The van der Waals surface area contributed by atoms with Crippen LogP contribution >= 0.6 is 7.82 Å². The van der Waals surface area contributed by atoms with E-state index in [1.165, 1.54) is 38.5 Å². The quantitative estimate of drug-likeness (QED) is 0.0510. The van der Waals surface area contributed by atoms with Gasteiger partial charge in [-0.05, 0) is 24.7 Å². The molecule has 0 saturated carbocycles. The maximum Gasteiger partial charge on any atom is 0.472 e. The maximum absolute atomic E-state index is 12.4. The fraction of sp³-hybridized carbons (Fsp3) is 0.933. The molecule has 3 atom stereocenters. The standard InChI is InChI=1S/C30H59O10P/c1-25(2)17-13-9-5-7-11-15-19-29(33)37-23-28(24-39-41(35,36)38-22-27(32)21-31)40-30(34)20-16-12-8-6-10-14-18-26(3)4/h25-28,31-32H,5-24H2,1-4H3,(H,35,36)/t27-,28+/m0/s1. The Kier molecular flexibility index (Phi) is 24.8. The first-order valence-corrected chi connectivity index (χ1v) is 17.2. The first-order chi connectivity index (χ1) is 19.4. The highest BCUT2D eigenvalue weighted by molar-refractivity contribution is 7.47. The van der Waals surface area contributed by atoms with E-state index >= 15 is 0 Å². The summed E-state index contributed by atoms with van der Waals surface area (Å²) in [6.07, 6.45) is 12.9. The fourth-order valence-corrected chi connectivity index (χ4v) is 4.91. The molecular formula is C30H59O10P. The topological polar surface area (TPSA) is 149 Å². The van der Waals surface area contributed by atoms with E-state index < -0.39 is 51.8 Å². The number of rotatable bonds is 28. The highest BCUT2D eigenvalue weighted by Crippen LogP contribution is 2.43. The van der Waals surface area contributed by atoms with Crippen molar-refractivity contribution in [3.8, 4) is 0 Å². The van der Waals surface area contributed by atoms with E-state index in [9.17, 15) is 24.2 Å². The number of phosphoric ester groups is 1. The molecule has 10 nitrogen and oxygen atoms in total. The number of carbonyl (C=O) groups is 2. The first kappa shape index (κ1) is 40.0. The third-order valence-electron chi connectivity index (χ3n) is 6.62. The van der Waals surface area contributed by atoms with Crippen molar-refractivity contribution < 1.29 is 47.8 Å². The van der Waals surface area contributed by atoms with Crippen LogP contribution in [0.3, 0.4) is 0 Å². The Hall–Kier alpha value is -1.03. The zero-order valence-electron chi connectivity index (χ0n) is 26.1. The van der Waals surface area contributed by atoms with Gasteiger partial charge in [0.05, 0.1) is 19.8 Å². The molecule has 0 heterocycles. The van der Waals surface area contributed by atoms with Gasteiger partial charge in [0.2, 0.25) is 0 Å². The maximum atomic E-state index is 12.4. The number of esters is 2. The van der Waals surface area contributed by atoms with Crippen LogP contribution in [0.25, 0.3) is 0 Å². The van der Waals surface area contributed by atoms with Gasteiger partial charge < -0.3 is 24.6 Å². The third kappa shape index (κ3) is 27.5. The summed E-state index contributed by atoms with van der Waals surface area (Å²) < 4.78 is 32.3. The van der Waals surface area contributed by atoms with Gasteiger partial charge in [-0.15, -0.1) is 0 Å². The molecule has 244 valence electrons. The highest BCUT2D eigenvalue weighted by Gasteiger charge is 2.27. The van der Waals surface area contributed by atoms with Crippen molar-refractivity contribution in [1.29, 1.82) is 0 Å². The smallest absolute Gasteiger partial charge is 0.462 e. The molecule has 0 saturated heterocycles.